The monoisotopic (exact) mass is 473 g/mol. The molecule has 2 aliphatic rings. The normalized spacial score (nSPS) is 19.6. The molecule has 4 heterocycles. The molecule has 0 spiro atoms. The third-order valence-electron chi connectivity index (χ3n) is 6.68. The number of piperidine rings is 1. The molecule has 1 unspecified atom stereocenters. The maximum Gasteiger partial charge on any atom is 0.227 e. The van der Waals surface area contributed by atoms with Crippen molar-refractivity contribution in [1.82, 2.24) is 20.0 Å². The number of amides is 1. The molecular weight excluding hydrogens is 442 g/mol. The number of rotatable bonds is 6. The summed E-state index contributed by atoms with van der Waals surface area (Å²) in [4.78, 5) is 21.1. The Balaban J connectivity index is 1.11. The van der Waals surface area contributed by atoms with Crippen LogP contribution in [-0.4, -0.2) is 71.7 Å². The van der Waals surface area contributed by atoms with Gasteiger partial charge in [-0.1, -0.05) is 48.6 Å². The highest BCUT2D eigenvalue weighted by atomic mass is 32.1. The van der Waals surface area contributed by atoms with E-state index in [1.807, 2.05) is 29.6 Å². The average molecular weight is 474 g/mol. The van der Waals surface area contributed by atoms with Gasteiger partial charge in [0.25, 0.3) is 0 Å². The number of nitrogens with zero attached hydrogens (tertiary/aromatic N) is 5. The van der Waals surface area contributed by atoms with E-state index >= 15 is 0 Å². The van der Waals surface area contributed by atoms with Crippen LogP contribution < -0.4 is 4.90 Å². The van der Waals surface area contributed by atoms with Gasteiger partial charge >= 0.3 is 0 Å². The zero-order valence-electron chi connectivity index (χ0n) is 19.4. The Kier molecular flexibility index (Phi) is 7.31. The molecule has 0 bridgehead atoms. The minimum absolute atomic E-state index is 0.0389. The van der Waals surface area contributed by atoms with Crippen LogP contribution in [0.5, 0.6) is 0 Å². The lowest BCUT2D eigenvalue weighted by molar-refractivity contribution is -0.137. The Morgan fingerprint density at radius 2 is 1.82 bits per heavy atom. The zero-order valence-corrected chi connectivity index (χ0v) is 20.2. The molecule has 2 aromatic heterocycles. The van der Waals surface area contributed by atoms with Crippen molar-refractivity contribution in [3.05, 3.63) is 71.6 Å². The van der Waals surface area contributed by atoms with Crippen LogP contribution in [0.25, 0.3) is 16.6 Å². The number of aromatic nitrogens is 2. The van der Waals surface area contributed by atoms with E-state index < -0.39 is 0 Å². The summed E-state index contributed by atoms with van der Waals surface area (Å²) in [5.41, 5.74) is 2.13. The number of hydrogen-bond donors (Lipinski definition) is 0. The molecule has 7 heteroatoms. The van der Waals surface area contributed by atoms with Gasteiger partial charge in [-0.05, 0) is 42.0 Å². The summed E-state index contributed by atoms with van der Waals surface area (Å²) >= 11 is 1.67. The van der Waals surface area contributed by atoms with Crippen molar-refractivity contribution < 1.29 is 4.79 Å². The van der Waals surface area contributed by atoms with Crippen LogP contribution in [0, 0.1) is 5.92 Å². The fourth-order valence-electron chi connectivity index (χ4n) is 4.75. The van der Waals surface area contributed by atoms with Crippen molar-refractivity contribution in [1.29, 1.82) is 0 Å². The molecule has 0 N–H and O–H groups in total. The molecule has 176 valence electrons. The number of piperazine rings is 1. The van der Waals surface area contributed by atoms with Gasteiger partial charge in [0.15, 0.2) is 5.82 Å². The van der Waals surface area contributed by atoms with Gasteiger partial charge in [-0.25, -0.2) is 0 Å². The van der Waals surface area contributed by atoms with E-state index in [1.54, 1.807) is 11.3 Å². The first-order chi connectivity index (χ1) is 16.8. The fourth-order valence-corrected chi connectivity index (χ4v) is 5.44. The summed E-state index contributed by atoms with van der Waals surface area (Å²) in [5.74, 6) is 1.21. The number of carbonyl (C=O) groups is 1. The van der Waals surface area contributed by atoms with Gasteiger partial charge in [-0.15, -0.1) is 21.5 Å². The van der Waals surface area contributed by atoms with Gasteiger partial charge in [0.1, 0.15) is 5.69 Å². The summed E-state index contributed by atoms with van der Waals surface area (Å²) in [5, 5.41) is 10.9. The second-order valence-electron chi connectivity index (χ2n) is 8.98. The van der Waals surface area contributed by atoms with Crippen molar-refractivity contribution in [2.45, 2.75) is 12.8 Å². The van der Waals surface area contributed by atoms with E-state index in [1.165, 1.54) is 5.56 Å². The first kappa shape index (κ1) is 22.7. The standard InChI is InChI=1S/C27H31N5OS/c33-27(31-18-16-30(17-19-31)14-4-9-22-7-2-1-3-8-22)23-10-5-15-32(21-23)26-13-12-24(28-29-26)25-11-6-20-34-25/h1-4,6-9,11-13,20,23H,5,10,14-19,21H2/b9-4+. The Hall–Kier alpha value is -3.03. The predicted molar refractivity (Wildman–Crippen MR) is 139 cm³/mol. The second-order valence-corrected chi connectivity index (χ2v) is 9.93. The summed E-state index contributed by atoms with van der Waals surface area (Å²) in [6, 6.07) is 18.5. The minimum atomic E-state index is 0.0389. The van der Waals surface area contributed by atoms with E-state index in [2.05, 4.69) is 67.4 Å². The van der Waals surface area contributed by atoms with E-state index in [9.17, 15) is 4.79 Å². The van der Waals surface area contributed by atoms with Crippen LogP contribution >= 0.6 is 11.3 Å². The van der Waals surface area contributed by atoms with Crippen LogP contribution in [0.3, 0.4) is 0 Å². The van der Waals surface area contributed by atoms with Crippen molar-refractivity contribution in [3.63, 3.8) is 0 Å². The quantitative estimate of drug-likeness (QED) is 0.535. The topological polar surface area (TPSA) is 52.6 Å². The van der Waals surface area contributed by atoms with Crippen LogP contribution in [0.15, 0.2) is 66.1 Å². The van der Waals surface area contributed by atoms with Crippen molar-refractivity contribution >= 4 is 29.1 Å². The Morgan fingerprint density at radius 1 is 0.971 bits per heavy atom. The Labute approximate surface area is 205 Å². The van der Waals surface area contributed by atoms with Crippen LogP contribution in [0.2, 0.25) is 0 Å². The smallest absolute Gasteiger partial charge is 0.227 e. The number of thiophene rings is 1. The van der Waals surface area contributed by atoms with Crippen LogP contribution in [-0.2, 0) is 4.79 Å². The van der Waals surface area contributed by atoms with E-state index in [-0.39, 0.29) is 5.92 Å². The summed E-state index contributed by atoms with van der Waals surface area (Å²) in [6.45, 7) is 6.06. The van der Waals surface area contributed by atoms with Crippen LogP contribution in [0.4, 0.5) is 5.82 Å². The highest BCUT2D eigenvalue weighted by molar-refractivity contribution is 7.13. The Morgan fingerprint density at radius 3 is 2.56 bits per heavy atom. The Bertz CT molecular complexity index is 1080. The molecular formula is C27H31N5OS. The molecule has 0 saturated carbocycles. The van der Waals surface area contributed by atoms with E-state index in [0.29, 0.717) is 5.91 Å². The summed E-state index contributed by atoms with van der Waals surface area (Å²) in [7, 11) is 0. The van der Waals surface area contributed by atoms with Crippen molar-refractivity contribution in [2.24, 2.45) is 5.92 Å². The van der Waals surface area contributed by atoms with Crippen molar-refractivity contribution in [2.75, 3.05) is 50.7 Å². The molecule has 1 amide bonds. The van der Waals surface area contributed by atoms with Gasteiger partial charge < -0.3 is 9.80 Å². The van der Waals surface area contributed by atoms with Gasteiger partial charge in [0.2, 0.25) is 5.91 Å². The number of anilines is 1. The largest absolute Gasteiger partial charge is 0.354 e. The second kappa shape index (κ2) is 10.9. The van der Waals surface area contributed by atoms with Gasteiger partial charge in [0, 0.05) is 45.8 Å². The molecule has 2 fully saturated rings. The average Bonchev–Trinajstić information content (AvgIpc) is 3.45. The minimum Gasteiger partial charge on any atom is -0.354 e. The number of carbonyl (C=O) groups excluding carboxylic acids is 1. The lowest BCUT2D eigenvalue weighted by atomic mass is 9.96. The first-order valence-corrected chi connectivity index (χ1v) is 13.0. The lowest BCUT2D eigenvalue weighted by Crippen LogP contribution is -2.52. The lowest BCUT2D eigenvalue weighted by Gasteiger charge is -2.39. The maximum atomic E-state index is 13.3. The van der Waals surface area contributed by atoms with E-state index in [0.717, 1.165) is 75.0 Å². The molecule has 0 aliphatic carbocycles. The SMILES string of the molecule is O=C(C1CCCN(c2ccc(-c3cccs3)nn2)C1)N1CCN(C/C=C/c2ccccc2)CC1. The highest BCUT2D eigenvalue weighted by Gasteiger charge is 2.31. The third kappa shape index (κ3) is 5.54. The molecule has 2 saturated heterocycles. The van der Waals surface area contributed by atoms with E-state index in [4.69, 9.17) is 0 Å². The third-order valence-corrected chi connectivity index (χ3v) is 7.57. The van der Waals surface area contributed by atoms with Crippen LogP contribution in [0.1, 0.15) is 18.4 Å². The molecule has 34 heavy (non-hydrogen) atoms. The van der Waals surface area contributed by atoms with Crippen molar-refractivity contribution in [3.8, 4) is 10.6 Å². The molecule has 1 atom stereocenters. The number of hydrogen-bond acceptors (Lipinski definition) is 6. The van der Waals surface area contributed by atoms with Gasteiger partial charge in [-0.2, -0.15) is 0 Å². The molecule has 5 rings (SSSR count). The van der Waals surface area contributed by atoms with Gasteiger partial charge in [-0.3, -0.25) is 9.69 Å². The molecule has 6 nitrogen and oxygen atoms in total. The molecule has 2 aliphatic heterocycles. The summed E-state index contributed by atoms with van der Waals surface area (Å²) in [6.07, 6.45) is 6.35. The fraction of sp³-hybridized carbons (Fsp3) is 0.370. The number of benzene rings is 1. The molecule has 1 aromatic carbocycles. The zero-order chi connectivity index (χ0) is 23.2. The first-order valence-electron chi connectivity index (χ1n) is 12.1. The molecule has 3 aromatic rings. The highest BCUT2D eigenvalue weighted by Crippen LogP contribution is 2.26. The van der Waals surface area contributed by atoms with Gasteiger partial charge in [0.05, 0.1) is 10.8 Å². The summed E-state index contributed by atoms with van der Waals surface area (Å²) < 4.78 is 0. The maximum absolute atomic E-state index is 13.3. The molecule has 0 radical (unpaired) electrons. The predicted octanol–water partition coefficient (Wildman–Crippen LogP) is 4.28.